The fourth-order valence-electron chi connectivity index (χ4n) is 5.68. The molecular weight excluding hydrogens is 562 g/mol. The number of alkyl halides is 6. The van der Waals surface area contributed by atoms with E-state index in [0.29, 0.717) is 12.5 Å². The summed E-state index contributed by atoms with van der Waals surface area (Å²) in [6.45, 7) is 3.43. The van der Waals surface area contributed by atoms with E-state index in [1.54, 1.807) is 11.9 Å². The number of aryl methyl sites for hydroxylation is 1. The molecule has 3 aromatic rings. The highest BCUT2D eigenvalue weighted by atomic mass is 19.4. The molecule has 14 heteroatoms. The SMILES string of the molecule is CCN(CC1CCCC1)c1nc2ccn(C)c2cc1CN(Cc1cc(C(F)(F)F)cc(C(F)(F)F)c1)C1=NN(C)NN1. The molecule has 1 aliphatic carbocycles. The van der Waals surface area contributed by atoms with E-state index >= 15 is 0 Å². The molecule has 0 saturated heterocycles. The molecule has 42 heavy (non-hydrogen) atoms. The van der Waals surface area contributed by atoms with E-state index in [4.69, 9.17) is 4.98 Å². The van der Waals surface area contributed by atoms with Crippen molar-refractivity contribution < 1.29 is 26.3 Å². The van der Waals surface area contributed by atoms with Gasteiger partial charge in [-0.3, -0.25) is 5.43 Å². The van der Waals surface area contributed by atoms with Crippen LogP contribution in [0.5, 0.6) is 0 Å². The fraction of sp³-hybridized carbons (Fsp3) is 0.500. The fourth-order valence-corrected chi connectivity index (χ4v) is 5.68. The minimum Gasteiger partial charge on any atom is -0.356 e. The van der Waals surface area contributed by atoms with Gasteiger partial charge in [0.05, 0.1) is 22.2 Å². The summed E-state index contributed by atoms with van der Waals surface area (Å²) in [5, 5.41) is 5.71. The van der Waals surface area contributed by atoms with Gasteiger partial charge in [0.2, 0.25) is 5.96 Å². The number of fused-ring (bicyclic) bond motifs is 1. The second-order valence-electron chi connectivity index (χ2n) is 10.9. The normalized spacial score (nSPS) is 16.3. The Morgan fingerprint density at radius 2 is 1.60 bits per heavy atom. The van der Waals surface area contributed by atoms with Crippen molar-refractivity contribution in [3.8, 4) is 0 Å². The Kier molecular flexibility index (Phi) is 8.19. The molecule has 1 fully saturated rings. The Balaban J connectivity index is 1.56. The minimum atomic E-state index is -4.94. The molecule has 1 aromatic carbocycles. The third-order valence-corrected chi connectivity index (χ3v) is 7.81. The van der Waals surface area contributed by atoms with Crippen molar-refractivity contribution in [1.82, 2.24) is 30.5 Å². The van der Waals surface area contributed by atoms with Crippen LogP contribution in [0.25, 0.3) is 11.0 Å². The van der Waals surface area contributed by atoms with Crippen LogP contribution in [0.2, 0.25) is 0 Å². The zero-order valence-corrected chi connectivity index (χ0v) is 23.6. The molecule has 8 nitrogen and oxygen atoms in total. The maximum atomic E-state index is 13.6. The van der Waals surface area contributed by atoms with E-state index in [9.17, 15) is 26.3 Å². The highest BCUT2D eigenvalue weighted by molar-refractivity contribution is 5.82. The van der Waals surface area contributed by atoms with Crippen molar-refractivity contribution in [3.05, 3.63) is 58.8 Å². The van der Waals surface area contributed by atoms with Crippen LogP contribution in [-0.2, 0) is 32.5 Å². The second-order valence-corrected chi connectivity index (χ2v) is 10.9. The number of nitrogens with one attached hydrogen (secondary N) is 2. The van der Waals surface area contributed by atoms with Crippen LogP contribution >= 0.6 is 0 Å². The third-order valence-electron chi connectivity index (χ3n) is 7.81. The topological polar surface area (TPSA) is 64.0 Å². The largest absolute Gasteiger partial charge is 0.416 e. The molecule has 2 aromatic heterocycles. The van der Waals surface area contributed by atoms with Crippen molar-refractivity contribution in [3.63, 3.8) is 0 Å². The van der Waals surface area contributed by atoms with Gasteiger partial charge in [0.15, 0.2) is 0 Å². The van der Waals surface area contributed by atoms with Gasteiger partial charge >= 0.3 is 12.4 Å². The Morgan fingerprint density at radius 3 is 2.17 bits per heavy atom. The van der Waals surface area contributed by atoms with Crippen LogP contribution in [0.15, 0.2) is 41.6 Å². The molecule has 0 amide bonds. The van der Waals surface area contributed by atoms with E-state index in [2.05, 4.69) is 27.9 Å². The Hall–Kier alpha value is -3.68. The van der Waals surface area contributed by atoms with Gasteiger partial charge in [0, 0.05) is 52.0 Å². The van der Waals surface area contributed by atoms with E-state index in [-0.39, 0.29) is 30.7 Å². The van der Waals surface area contributed by atoms with Crippen LogP contribution in [-0.4, -0.2) is 45.7 Å². The van der Waals surface area contributed by atoms with E-state index in [0.717, 1.165) is 53.9 Å². The van der Waals surface area contributed by atoms with E-state index in [1.165, 1.54) is 18.0 Å². The molecule has 0 bridgehead atoms. The summed E-state index contributed by atoms with van der Waals surface area (Å²) in [5.41, 5.74) is 5.23. The number of anilines is 1. The average Bonchev–Trinajstić information content (AvgIpc) is 3.68. The van der Waals surface area contributed by atoms with E-state index in [1.807, 2.05) is 29.9 Å². The summed E-state index contributed by atoms with van der Waals surface area (Å²) < 4.78 is 83.7. The highest BCUT2D eigenvalue weighted by Gasteiger charge is 2.37. The number of nitrogens with zero attached hydrogens (tertiary/aromatic N) is 6. The lowest BCUT2D eigenvalue weighted by atomic mass is 10.0. The molecular formula is C28H34F6N8. The van der Waals surface area contributed by atoms with Crippen molar-refractivity contribution in [2.45, 2.75) is 58.0 Å². The van der Waals surface area contributed by atoms with Gasteiger partial charge in [0.1, 0.15) is 5.82 Å². The molecule has 2 N–H and O–H groups in total. The van der Waals surface area contributed by atoms with E-state index < -0.39 is 23.5 Å². The summed E-state index contributed by atoms with van der Waals surface area (Å²) in [6, 6.07) is 5.57. The molecule has 3 heterocycles. The van der Waals surface area contributed by atoms with Crippen LogP contribution in [0.1, 0.15) is 54.9 Å². The summed E-state index contributed by atoms with van der Waals surface area (Å²) in [4.78, 5) is 8.83. The van der Waals surface area contributed by atoms with Crippen LogP contribution < -0.4 is 15.9 Å². The quantitative estimate of drug-likeness (QED) is 0.318. The first-order valence-corrected chi connectivity index (χ1v) is 13.9. The number of hydrazone groups is 1. The average molecular weight is 597 g/mol. The predicted octanol–water partition coefficient (Wildman–Crippen LogP) is 5.86. The van der Waals surface area contributed by atoms with Gasteiger partial charge < -0.3 is 14.4 Å². The highest BCUT2D eigenvalue weighted by Crippen LogP contribution is 2.37. The monoisotopic (exact) mass is 596 g/mol. The number of pyridine rings is 1. The number of rotatable bonds is 8. The molecule has 5 rings (SSSR count). The van der Waals surface area contributed by atoms with Crippen LogP contribution in [0.4, 0.5) is 32.2 Å². The van der Waals surface area contributed by atoms with Crippen LogP contribution in [0, 0.1) is 5.92 Å². The number of benzene rings is 1. The molecule has 0 radical (unpaired) electrons. The van der Waals surface area contributed by atoms with Gasteiger partial charge in [-0.1, -0.05) is 12.8 Å². The number of guanidine groups is 1. The van der Waals surface area contributed by atoms with Gasteiger partial charge in [-0.05, 0) is 61.6 Å². The van der Waals surface area contributed by atoms with Gasteiger partial charge in [-0.25, -0.2) is 10.1 Å². The number of halogens is 6. The molecule has 0 unspecified atom stereocenters. The summed E-state index contributed by atoms with van der Waals surface area (Å²) in [5.74, 6) is 1.53. The molecule has 1 aliphatic heterocycles. The summed E-state index contributed by atoms with van der Waals surface area (Å²) in [7, 11) is 3.51. The summed E-state index contributed by atoms with van der Waals surface area (Å²) in [6.07, 6.45) is -3.32. The smallest absolute Gasteiger partial charge is 0.356 e. The lowest BCUT2D eigenvalue weighted by Crippen LogP contribution is -2.44. The van der Waals surface area contributed by atoms with Crippen LogP contribution in [0.3, 0.4) is 0 Å². The zero-order valence-electron chi connectivity index (χ0n) is 23.6. The Morgan fingerprint density at radius 1 is 0.929 bits per heavy atom. The third kappa shape index (κ3) is 6.53. The maximum Gasteiger partial charge on any atom is 0.416 e. The lowest BCUT2D eigenvalue weighted by Gasteiger charge is -2.30. The molecule has 2 aliphatic rings. The Bertz CT molecular complexity index is 1410. The van der Waals surface area contributed by atoms with Crippen molar-refractivity contribution in [2.75, 3.05) is 25.0 Å². The molecule has 228 valence electrons. The number of aromatic nitrogens is 2. The van der Waals surface area contributed by atoms with Crippen molar-refractivity contribution >= 4 is 22.8 Å². The zero-order chi connectivity index (χ0) is 30.2. The Labute approximate surface area is 239 Å². The molecule has 0 atom stereocenters. The lowest BCUT2D eigenvalue weighted by molar-refractivity contribution is -0.143. The second kappa shape index (κ2) is 11.5. The number of hydrazine groups is 2. The van der Waals surface area contributed by atoms with Crippen molar-refractivity contribution in [2.24, 2.45) is 18.1 Å². The maximum absolute atomic E-state index is 13.6. The first-order chi connectivity index (χ1) is 19.8. The van der Waals surface area contributed by atoms with Gasteiger partial charge in [0.25, 0.3) is 0 Å². The number of hydrogen-bond donors (Lipinski definition) is 2. The first kappa shape index (κ1) is 29.8. The minimum absolute atomic E-state index is 0.129. The van der Waals surface area contributed by atoms with Gasteiger partial charge in [-0.2, -0.15) is 26.3 Å². The molecule has 0 spiro atoms. The first-order valence-electron chi connectivity index (χ1n) is 13.9. The molecule has 1 saturated carbocycles. The van der Waals surface area contributed by atoms with Gasteiger partial charge in [-0.15, -0.1) is 10.6 Å². The van der Waals surface area contributed by atoms with Crippen molar-refractivity contribution in [1.29, 1.82) is 0 Å². The number of hydrogen-bond acceptors (Lipinski definition) is 7. The predicted molar refractivity (Wildman–Crippen MR) is 148 cm³/mol. The summed E-state index contributed by atoms with van der Waals surface area (Å²) >= 11 is 0. The standard InChI is InChI=1S/C28H34F6N8/c1-4-41(15-18-7-5-6-8-18)25-20(13-24-23(35-25)9-10-39(24)2)17-42(26-36-38-40(3)37-26)16-19-11-21(27(29,30)31)14-22(12-19)28(32,33)34/h9-14,18,38H,4-8,15-17H2,1-3H3,(H,36,37).